The molecule has 1 saturated heterocycles. The first-order chi connectivity index (χ1) is 11.3. The Bertz CT molecular complexity index is 585. The van der Waals surface area contributed by atoms with Gasteiger partial charge in [-0.1, -0.05) is 39.0 Å². The molecule has 0 radical (unpaired) electrons. The van der Waals surface area contributed by atoms with E-state index in [1.165, 1.54) is 0 Å². The molecule has 1 aromatic carbocycles. The fraction of sp³-hybridized carbons (Fsp3) is 0.579. The third-order valence-electron chi connectivity index (χ3n) is 4.40. The molecule has 0 spiro atoms. The minimum Gasteiger partial charge on any atom is -0.496 e. The quantitative estimate of drug-likeness (QED) is 0.921. The summed E-state index contributed by atoms with van der Waals surface area (Å²) in [5.74, 6) is 0.930. The second-order valence-electron chi connectivity index (χ2n) is 7.37. The Morgan fingerprint density at radius 1 is 1.21 bits per heavy atom. The zero-order chi connectivity index (χ0) is 17.7. The summed E-state index contributed by atoms with van der Waals surface area (Å²) >= 11 is 0. The maximum atomic E-state index is 12.5. The first-order valence-corrected chi connectivity index (χ1v) is 8.52. The van der Waals surface area contributed by atoms with E-state index in [0.29, 0.717) is 19.5 Å². The number of hydrogen-bond acceptors (Lipinski definition) is 3. The van der Waals surface area contributed by atoms with E-state index in [-0.39, 0.29) is 23.3 Å². The zero-order valence-electron chi connectivity index (χ0n) is 15.1. The molecule has 1 aliphatic heterocycles. The summed E-state index contributed by atoms with van der Waals surface area (Å²) in [7, 11) is 1.62. The summed E-state index contributed by atoms with van der Waals surface area (Å²) in [6.07, 6.45) is 1.96. The molecule has 1 heterocycles. The van der Waals surface area contributed by atoms with Crippen molar-refractivity contribution in [3.05, 3.63) is 29.8 Å². The van der Waals surface area contributed by atoms with Gasteiger partial charge in [-0.2, -0.15) is 0 Å². The Morgan fingerprint density at radius 2 is 1.83 bits per heavy atom. The number of nitrogens with zero attached hydrogens (tertiary/aromatic N) is 1. The highest BCUT2D eigenvalue weighted by atomic mass is 16.5. The van der Waals surface area contributed by atoms with Crippen LogP contribution in [0.5, 0.6) is 5.75 Å². The van der Waals surface area contributed by atoms with E-state index in [0.717, 1.165) is 24.2 Å². The predicted molar refractivity (Wildman–Crippen MR) is 93.9 cm³/mol. The van der Waals surface area contributed by atoms with Gasteiger partial charge in [-0.05, 0) is 18.9 Å². The lowest BCUT2D eigenvalue weighted by molar-refractivity contribution is -0.132. The zero-order valence-corrected chi connectivity index (χ0v) is 15.1. The van der Waals surface area contributed by atoms with Crippen molar-refractivity contribution in [3.8, 4) is 5.75 Å². The average Bonchev–Trinajstić information content (AvgIpc) is 2.55. The number of amides is 2. The predicted octanol–water partition coefficient (Wildman–Crippen LogP) is 2.39. The summed E-state index contributed by atoms with van der Waals surface area (Å²) in [4.78, 5) is 26.4. The van der Waals surface area contributed by atoms with Gasteiger partial charge in [0.1, 0.15) is 5.75 Å². The normalized spacial score (nSPS) is 15.9. The number of carbonyl (C=O) groups excluding carboxylic acids is 2. The lowest BCUT2D eigenvalue weighted by Crippen LogP contribution is -2.49. The number of para-hydroxylation sites is 1. The smallest absolute Gasteiger partial charge is 0.227 e. The van der Waals surface area contributed by atoms with Crippen molar-refractivity contribution < 1.29 is 14.3 Å². The van der Waals surface area contributed by atoms with Crippen LogP contribution in [0.3, 0.4) is 0 Å². The number of carbonyl (C=O) groups is 2. The highest BCUT2D eigenvalue weighted by molar-refractivity contribution is 5.82. The molecule has 1 aromatic rings. The number of ether oxygens (including phenoxy) is 1. The summed E-state index contributed by atoms with van der Waals surface area (Å²) in [6.45, 7) is 7.10. The van der Waals surface area contributed by atoms with Crippen LogP contribution in [-0.2, 0) is 16.0 Å². The van der Waals surface area contributed by atoms with Crippen LogP contribution in [0.2, 0.25) is 0 Å². The van der Waals surface area contributed by atoms with Crippen molar-refractivity contribution in [2.75, 3.05) is 20.2 Å². The fourth-order valence-corrected chi connectivity index (χ4v) is 2.80. The molecular weight excluding hydrogens is 304 g/mol. The average molecular weight is 332 g/mol. The largest absolute Gasteiger partial charge is 0.496 e. The van der Waals surface area contributed by atoms with E-state index in [4.69, 9.17) is 4.74 Å². The van der Waals surface area contributed by atoms with Gasteiger partial charge in [-0.25, -0.2) is 0 Å². The number of methoxy groups -OCH3 is 1. The van der Waals surface area contributed by atoms with Gasteiger partial charge in [-0.15, -0.1) is 0 Å². The standard InChI is InChI=1S/C19H28N2O3/c1-19(2,3)18(23)20-15-9-11-21(12-10-15)17(22)13-14-7-5-6-8-16(14)24-4/h5-8,15H,9-13H2,1-4H3,(H,20,23). The van der Waals surface area contributed by atoms with Gasteiger partial charge in [-0.3, -0.25) is 9.59 Å². The molecule has 0 atom stereocenters. The van der Waals surface area contributed by atoms with Crippen molar-refractivity contribution in [1.82, 2.24) is 10.2 Å². The number of benzene rings is 1. The van der Waals surface area contributed by atoms with Gasteiger partial charge in [0, 0.05) is 30.1 Å². The molecule has 1 aliphatic rings. The Hall–Kier alpha value is -2.04. The number of piperidine rings is 1. The van der Waals surface area contributed by atoms with Gasteiger partial charge >= 0.3 is 0 Å². The van der Waals surface area contributed by atoms with Gasteiger partial charge in [0.2, 0.25) is 11.8 Å². The van der Waals surface area contributed by atoms with Crippen LogP contribution in [0, 0.1) is 5.41 Å². The first kappa shape index (κ1) is 18.3. The third-order valence-corrected chi connectivity index (χ3v) is 4.40. The van der Waals surface area contributed by atoms with Crippen LogP contribution >= 0.6 is 0 Å². The second-order valence-corrected chi connectivity index (χ2v) is 7.37. The molecule has 1 fully saturated rings. The first-order valence-electron chi connectivity index (χ1n) is 8.52. The topological polar surface area (TPSA) is 58.6 Å². The molecule has 0 aliphatic carbocycles. The van der Waals surface area contributed by atoms with Crippen LogP contribution in [0.1, 0.15) is 39.2 Å². The van der Waals surface area contributed by atoms with Gasteiger partial charge in [0.25, 0.3) is 0 Å². The minimum absolute atomic E-state index is 0.0706. The molecule has 0 aromatic heterocycles. The SMILES string of the molecule is COc1ccccc1CC(=O)N1CCC(NC(=O)C(C)(C)C)CC1. The molecule has 132 valence electrons. The Kier molecular flexibility index (Phi) is 5.86. The number of likely N-dealkylation sites (tertiary alicyclic amines) is 1. The lowest BCUT2D eigenvalue weighted by atomic mass is 9.94. The van der Waals surface area contributed by atoms with Gasteiger partial charge < -0.3 is 15.0 Å². The van der Waals surface area contributed by atoms with Gasteiger partial charge in [0.05, 0.1) is 13.5 Å². The monoisotopic (exact) mass is 332 g/mol. The van der Waals surface area contributed by atoms with Crippen LogP contribution in [0.25, 0.3) is 0 Å². The molecule has 0 saturated carbocycles. The molecule has 0 bridgehead atoms. The molecule has 2 amide bonds. The van der Waals surface area contributed by atoms with Crippen LogP contribution in [0.4, 0.5) is 0 Å². The molecule has 2 rings (SSSR count). The summed E-state index contributed by atoms with van der Waals surface area (Å²) < 4.78 is 5.31. The Labute approximate surface area is 144 Å². The van der Waals surface area contributed by atoms with E-state index >= 15 is 0 Å². The Balaban J connectivity index is 1.86. The maximum Gasteiger partial charge on any atom is 0.227 e. The molecule has 1 N–H and O–H groups in total. The molecule has 0 unspecified atom stereocenters. The van der Waals surface area contributed by atoms with E-state index in [1.807, 2.05) is 49.9 Å². The number of nitrogens with one attached hydrogen (secondary N) is 1. The third kappa shape index (κ3) is 4.73. The maximum absolute atomic E-state index is 12.5. The van der Waals surface area contributed by atoms with Crippen molar-refractivity contribution in [2.24, 2.45) is 5.41 Å². The highest BCUT2D eigenvalue weighted by Crippen LogP contribution is 2.20. The van der Waals surface area contributed by atoms with E-state index in [2.05, 4.69) is 5.32 Å². The Morgan fingerprint density at radius 3 is 2.42 bits per heavy atom. The van der Waals surface area contributed by atoms with Crippen molar-refractivity contribution in [3.63, 3.8) is 0 Å². The van der Waals surface area contributed by atoms with E-state index in [9.17, 15) is 9.59 Å². The minimum atomic E-state index is -0.378. The highest BCUT2D eigenvalue weighted by Gasteiger charge is 2.28. The lowest BCUT2D eigenvalue weighted by Gasteiger charge is -2.34. The van der Waals surface area contributed by atoms with E-state index in [1.54, 1.807) is 7.11 Å². The van der Waals surface area contributed by atoms with Crippen LogP contribution in [-0.4, -0.2) is 43.0 Å². The summed E-state index contributed by atoms with van der Waals surface area (Å²) in [5.41, 5.74) is 0.532. The van der Waals surface area contributed by atoms with Crippen molar-refractivity contribution in [2.45, 2.75) is 46.1 Å². The summed E-state index contributed by atoms with van der Waals surface area (Å²) in [6, 6.07) is 7.77. The number of hydrogen-bond donors (Lipinski definition) is 1. The van der Waals surface area contributed by atoms with E-state index < -0.39 is 0 Å². The number of rotatable bonds is 4. The summed E-state index contributed by atoms with van der Waals surface area (Å²) in [5, 5.41) is 3.09. The van der Waals surface area contributed by atoms with Gasteiger partial charge in [0.15, 0.2) is 0 Å². The molecule has 5 nitrogen and oxygen atoms in total. The van der Waals surface area contributed by atoms with Crippen molar-refractivity contribution in [1.29, 1.82) is 0 Å². The van der Waals surface area contributed by atoms with Crippen molar-refractivity contribution >= 4 is 11.8 Å². The second kappa shape index (κ2) is 7.69. The molecule has 24 heavy (non-hydrogen) atoms. The molecule has 5 heteroatoms. The molecular formula is C19H28N2O3. The fourth-order valence-electron chi connectivity index (χ4n) is 2.80. The van der Waals surface area contributed by atoms with Crippen LogP contribution < -0.4 is 10.1 Å². The van der Waals surface area contributed by atoms with Crippen LogP contribution in [0.15, 0.2) is 24.3 Å².